The summed E-state index contributed by atoms with van der Waals surface area (Å²) in [5.41, 5.74) is 0.285. The first-order valence-electron chi connectivity index (χ1n) is 8.49. The van der Waals surface area contributed by atoms with Crippen LogP contribution in [0.2, 0.25) is 0 Å². The Morgan fingerprint density at radius 3 is 2.47 bits per heavy atom. The minimum atomic E-state index is 0.285. The fraction of sp³-hybridized carbons (Fsp3) is 1.00. The van der Waals surface area contributed by atoms with Crippen LogP contribution in [-0.2, 0) is 0 Å². The molecule has 0 spiro atoms. The maximum atomic E-state index is 3.72. The van der Waals surface area contributed by atoms with Crippen molar-refractivity contribution >= 4 is 0 Å². The van der Waals surface area contributed by atoms with Gasteiger partial charge in [0.25, 0.3) is 0 Å². The molecule has 0 aromatic rings. The molecule has 0 bridgehead atoms. The molecule has 19 heavy (non-hydrogen) atoms. The van der Waals surface area contributed by atoms with Gasteiger partial charge in [-0.25, -0.2) is 0 Å². The number of unbranched alkanes of at least 4 members (excludes halogenated alkanes) is 4. The van der Waals surface area contributed by atoms with Crippen molar-refractivity contribution in [1.82, 2.24) is 10.2 Å². The SMILES string of the molecule is CCCCCCCN1CC(C)(C)NCC1C(C)CC. The van der Waals surface area contributed by atoms with E-state index in [-0.39, 0.29) is 5.54 Å². The highest BCUT2D eigenvalue weighted by atomic mass is 15.2. The van der Waals surface area contributed by atoms with E-state index < -0.39 is 0 Å². The van der Waals surface area contributed by atoms with Gasteiger partial charge in [-0.15, -0.1) is 0 Å². The maximum Gasteiger partial charge on any atom is 0.0252 e. The summed E-state index contributed by atoms with van der Waals surface area (Å²) in [5, 5.41) is 3.72. The van der Waals surface area contributed by atoms with Gasteiger partial charge in [0.1, 0.15) is 0 Å². The summed E-state index contributed by atoms with van der Waals surface area (Å²) < 4.78 is 0. The monoisotopic (exact) mass is 268 g/mol. The van der Waals surface area contributed by atoms with Crippen LogP contribution in [0.4, 0.5) is 0 Å². The van der Waals surface area contributed by atoms with Gasteiger partial charge >= 0.3 is 0 Å². The summed E-state index contributed by atoms with van der Waals surface area (Å²) in [6.07, 6.45) is 8.24. The van der Waals surface area contributed by atoms with Crippen molar-refractivity contribution in [2.75, 3.05) is 19.6 Å². The Bertz CT molecular complexity index is 237. The fourth-order valence-corrected chi connectivity index (χ4v) is 3.19. The zero-order chi connectivity index (χ0) is 14.3. The van der Waals surface area contributed by atoms with Crippen LogP contribution < -0.4 is 5.32 Å². The van der Waals surface area contributed by atoms with Crippen LogP contribution in [-0.4, -0.2) is 36.1 Å². The first-order valence-corrected chi connectivity index (χ1v) is 8.49. The number of rotatable bonds is 8. The molecule has 1 fully saturated rings. The van der Waals surface area contributed by atoms with Gasteiger partial charge in [0.05, 0.1) is 0 Å². The molecule has 1 saturated heterocycles. The molecule has 2 atom stereocenters. The molecule has 1 heterocycles. The van der Waals surface area contributed by atoms with Gasteiger partial charge in [0.15, 0.2) is 0 Å². The van der Waals surface area contributed by atoms with E-state index in [1.54, 1.807) is 0 Å². The maximum absolute atomic E-state index is 3.72. The zero-order valence-corrected chi connectivity index (χ0v) is 14.0. The molecule has 0 aromatic carbocycles. The smallest absolute Gasteiger partial charge is 0.0252 e. The molecule has 114 valence electrons. The second kappa shape index (κ2) is 8.26. The number of hydrogen-bond donors (Lipinski definition) is 1. The van der Waals surface area contributed by atoms with Crippen molar-refractivity contribution in [2.24, 2.45) is 5.92 Å². The van der Waals surface area contributed by atoms with E-state index >= 15 is 0 Å². The zero-order valence-electron chi connectivity index (χ0n) is 14.0. The van der Waals surface area contributed by atoms with Gasteiger partial charge in [-0.05, 0) is 32.7 Å². The minimum absolute atomic E-state index is 0.285. The highest BCUT2D eigenvalue weighted by Gasteiger charge is 2.34. The summed E-state index contributed by atoms with van der Waals surface area (Å²) in [6.45, 7) is 15.4. The van der Waals surface area contributed by atoms with Crippen molar-refractivity contribution in [3.63, 3.8) is 0 Å². The minimum Gasteiger partial charge on any atom is -0.309 e. The standard InChI is InChI=1S/C17H36N2/c1-6-8-9-10-11-12-19-14-17(4,5)18-13-16(19)15(3)7-2/h15-16,18H,6-14H2,1-5H3. The van der Waals surface area contributed by atoms with E-state index in [0.717, 1.165) is 18.5 Å². The van der Waals surface area contributed by atoms with E-state index in [1.165, 1.54) is 51.6 Å². The number of nitrogens with one attached hydrogen (secondary N) is 1. The van der Waals surface area contributed by atoms with Crippen molar-refractivity contribution < 1.29 is 0 Å². The Morgan fingerprint density at radius 1 is 1.16 bits per heavy atom. The van der Waals surface area contributed by atoms with Crippen LogP contribution in [0.1, 0.15) is 73.1 Å². The highest BCUT2D eigenvalue weighted by Crippen LogP contribution is 2.22. The molecule has 1 N–H and O–H groups in total. The highest BCUT2D eigenvalue weighted by molar-refractivity contribution is 4.93. The third-order valence-electron chi connectivity index (χ3n) is 4.71. The number of piperazine rings is 1. The first-order chi connectivity index (χ1) is 9.00. The summed E-state index contributed by atoms with van der Waals surface area (Å²) >= 11 is 0. The molecule has 2 unspecified atom stereocenters. The van der Waals surface area contributed by atoms with Crippen molar-refractivity contribution in [3.8, 4) is 0 Å². The van der Waals surface area contributed by atoms with Gasteiger partial charge in [0.2, 0.25) is 0 Å². The fourth-order valence-electron chi connectivity index (χ4n) is 3.19. The van der Waals surface area contributed by atoms with Crippen LogP contribution in [0, 0.1) is 5.92 Å². The van der Waals surface area contributed by atoms with Crippen molar-refractivity contribution in [3.05, 3.63) is 0 Å². The normalized spacial score (nSPS) is 25.4. The van der Waals surface area contributed by atoms with E-state index in [9.17, 15) is 0 Å². The van der Waals surface area contributed by atoms with Crippen molar-refractivity contribution in [1.29, 1.82) is 0 Å². The molecule has 2 nitrogen and oxygen atoms in total. The molecular formula is C17H36N2. The van der Waals surface area contributed by atoms with Crippen LogP contribution in [0.25, 0.3) is 0 Å². The summed E-state index contributed by atoms with van der Waals surface area (Å²) in [7, 11) is 0. The van der Waals surface area contributed by atoms with E-state index in [1.807, 2.05) is 0 Å². The largest absolute Gasteiger partial charge is 0.309 e. The van der Waals surface area contributed by atoms with Gasteiger partial charge < -0.3 is 5.32 Å². The Labute approximate surface area is 121 Å². The topological polar surface area (TPSA) is 15.3 Å². The Hall–Kier alpha value is -0.0800. The quantitative estimate of drug-likeness (QED) is 0.668. The van der Waals surface area contributed by atoms with Crippen molar-refractivity contribution in [2.45, 2.75) is 84.7 Å². The number of hydrogen-bond acceptors (Lipinski definition) is 2. The Kier molecular flexibility index (Phi) is 7.38. The predicted octanol–water partition coefficient (Wildman–Crippen LogP) is 4.06. The van der Waals surface area contributed by atoms with E-state index in [2.05, 4.69) is 44.8 Å². The van der Waals surface area contributed by atoms with E-state index in [4.69, 9.17) is 0 Å². The molecule has 1 aliphatic heterocycles. The lowest BCUT2D eigenvalue weighted by atomic mass is 9.90. The summed E-state index contributed by atoms with van der Waals surface area (Å²) in [4.78, 5) is 2.76. The number of nitrogens with zero attached hydrogens (tertiary/aromatic N) is 1. The molecular weight excluding hydrogens is 232 g/mol. The second-order valence-corrected chi connectivity index (χ2v) is 7.10. The lowest BCUT2D eigenvalue weighted by molar-refractivity contribution is 0.0621. The lowest BCUT2D eigenvalue weighted by Gasteiger charge is -2.47. The third-order valence-corrected chi connectivity index (χ3v) is 4.71. The van der Waals surface area contributed by atoms with Gasteiger partial charge in [-0.1, -0.05) is 52.9 Å². The lowest BCUT2D eigenvalue weighted by Crippen LogP contribution is -2.63. The van der Waals surface area contributed by atoms with Crippen LogP contribution in [0.5, 0.6) is 0 Å². The third kappa shape index (κ3) is 5.83. The van der Waals surface area contributed by atoms with Crippen LogP contribution in [0.3, 0.4) is 0 Å². The molecule has 0 saturated carbocycles. The molecule has 0 amide bonds. The Balaban J connectivity index is 2.42. The second-order valence-electron chi connectivity index (χ2n) is 7.10. The average molecular weight is 268 g/mol. The van der Waals surface area contributed by atoms with Gasteiger partial charge in [-0.2, -0.15) is 0 Å². The molecule has 1 aliphatic rings. The van der Waals surface area contributed by atoms with Gasteiger partial charge in [0, 0.05) is 24.7 Å². The predicted molar refractivity (Wildman–Crippen MR) is 85.7 cm³/mol. The molecule has 0 radical (unpaired) electrons. The molecule has 2 heteroatoms. The Morgan fingerprint density at radius 2 is 1.84 bits per heavy atom. The van der Waals surface area contributed by atoms with Gasteiger partial charge in [-0.3, -0.25) is 4.90 Å². The summed E-state index contributed by atoms with van der Waals surface area (Å²) in [6, 6.07) is 0.740. The first kappa shape index (κ1) is 17.0. The summed E-state index contributed by atoms with van der Waals surface area (Å²) in [5.74, 6) is 0.805. The average Bonchev–Trinajstić information content (AvgIpc) is 2.37. The molecule has 0 aromatic heterocycles. The van der Waals surface area contributed by atoms with Crippen LogP contribution in [0.15, 0.2) is 0 Å². The van der Waals surface area contributed by atoms with E-state index in [0.29, 0.717) is 0 Å². The molecule has 1 rings (SSSR count). The van der Waals surface area contributed by atoms with Crippen LogP contribution >= 0.6 is 0 Å². The molecule has 0 aliphatic carbocycles.